The predicted molar refractivity (Wildman–Crippen MR) is 133 cm³/mol. The summed E-state index contributed by atoms with van der Waals surface area (Å²) in [7, 11) is 0. The monoisotopic (exact) mass is 460 g/mol. The van der Waals surface area contributed by atoms with Crippen molar-refractivity contribution in [3.63, 3.8) is 0 Å². The van der Waals surface area contributed by atoms with E-state index >= 15 is 0 Å². The molecular formula is C25H24N4O3S. The van der Waals surface area contributed by atoms with Crippen LogP contribution >= 0.6 is 11.3 Å². The third-order valence-corrected chi connectivity index (χ3v) is 7.02. The summed E-state index contributed by atoms with van der Waals surface area (Å²) in [5.74, 6) is -0.221. The first-order valence-corrected chi connectivity index (χ1v) is 11.9. The van der Waals surface area contributed by atoms with Crippen LogP contribution < -0.4 is 26.4 Å². The number of nitrogens with zero attached hydrogens (tertiary/aromatic N) is 2. The van der Waals surface area contributed by atoms with E-state index in [4.69, 9.17) is 0 Å². The van der Waals surface area contributed by atoms with Gasteiger partial charge in [0.1, 0.15) is 11.4 Å². The zero-order valence-electron chi connectivity index (χ0n) is 18.3. The van der Waals surface area contributed by atoms with Crippen molar-refractivity contribution in [2.45, 2.75) is 32.7 Å². The summed E-state index contributed by atoms with van der Waals surface area (Å²) < 4.78 is 1.04. The number of aromatic nitrogens is 1. The van der Waals surface area contributed by atoms with Gasteiger partial charge in [-0.2, -0.15) is 0 Å². The number of benzene rings is 2. The van der Waals surface area contributed by atoms with E-state index in [9.17, 15) is 14.4 Å². The van der Waals surface area contributed by atoms with Gasteiger partial charge in [-0.1, -0.05) is 35.6 Å². The van der Waals surface area contributed by atoms with Gasteiger partial charge < -0.3 is 10.2 Å². The molecule has 168 valence electrons. The van der Waals surface area contributed by atoms with Crippen molar-refractivity contribution in [3.05, 3.63) is 79.6 Å². The van der Waals surface area contributed by atoms with Gasteiger partial charge in [0.05, 0.1) is 10.2 Å². The maximum Gasteiger partial charge on any atom is 0.257 e. The summed E-state index contributed by atoms with van der Waals surface area (Å²) in [4.78, 5) is 43.4. The Hall–Kier alpha value is -3.52. The van der Waals surface area contributed by atoms with Crippen molar-refractivity contribution < 1.29 is 4.79 Å². The summed E-state index contributed by atoms with van der Waals surface area (Å²) in [6.45, 7) is 4.04. The van der Waals surface area contributed by atoms with E-state index in [0.717, 1.165) is 53.7 Å². The van der Waals surface area contributed by atoms with Gasteiger partial charge in [0.25, 0.3) is 16.8 Å². The summed E-state index contributed by atoms with van der Waals surface area (Å²) in [5.41, 5.74) is 3.52. The lowest BCUT2D eigenvalue weighted by Gasteiger charge is -2.30. The molecule has 8 heteroatoms. The molecule has 0 atom stereocenters. The minimum Gasteiger partial charge on any atom is -0.376 e. The number of para-hydroxylation sites is 1. The van der Waals surface area contributed by atoms with Crippen molar-refractivity contribution in [2.75, 3.05) is 28.6 Å². The number of carbonyl (C=O) groups excluding carboxylic acids is 1. The lowest BCUT2D eigenvalue weighted by atomic mass is 10.1. The van der Waals surface area contributed by atoms with E-state index in [1.54, 1.807) is 12.1 Å². The van der Waals surface area contributed by atoms with Crippen LogP contribution in [0.5, 0.6) is 0 Å². The number of amides is 1. The van der Waals surface area contributed by atoms with Gasteiger partial charge in [0.2, 0.25) is 0 Å². The summed E-state index contributed by atoms with van der Waals surface area (Å²) in [5, 5.41) is 6.57. The average Bonchev–Trinajstić information content (AvgIpc) is 3.26. The summed E-state index contributed by atoms with van der Waals surface area (Å²) in [6, 6.07) is 13.2. The van der Waals surface area contributed by atoms with Gasteiger partial charge in [-0.05, 0) is 55.5 Å². The van der Waals surface area contributed by atoms with Crippen LogP contribution in [0.1, 0.15) is 40.7 Å². The molecule has 0 saturated carbocycles. The van der Waals surface area contributed by atoms with Gasteiger partial charge >= 0.3 is 0 Å². The Labute approximate surface area is 194 Å². The van der Waals surface area contributed by atoms with Crippen LogP contribution in [-0.4, -0.2) is 24.0 Å². The third kappa shape index (κ3) is 4.14. The van der Waals surface area contributed by atoms with Crippen LogP contribution in [0.4, 0.5) is 16.5 Å². The molecular weight excluding hydrogens is 436 g/mol. The molecule has 1 saturated heterocycles. The normalized spacial score (nSPS) is 14.0. The second-order valence-corrected chi connectivity index (χ2v) is 9.41. The average molecular weight is 461 g/mol. The highest BCUT2D eigenvalue weighted by atomic mass is 32.1. The molecule has 7 nitrogen and oxygen atoms in total. The first kappa shape index (κ1) is 21.3. The number of anilines is 3. The molecule has 0 aliphatic carbocycles. The van der Waals surface area contributed by atoms with Crippen LogP contribution in [0.2, 0.25) is 0 Å². The van der Waals surface area contributed by atoms with Crippen LogP contribution in [0.25, 0.3) is 10.2 Å². The molecule has 0 unspecified atom stereocenters. The van der Waals surface area contributed by atoms with Crippen molar-refractivity contribution in [3.8, 4) is 0 Å². The highest BCUT2D eigenvalue weighted by Gasteiger charge is 2.26. The third-order valence-electron chi connectivity index (χ3n) is 6.08. The van der Waals surface area contributed by atoms with Crippen molar-refractivity contribution in [1.29, 1.82) is 0 Å². The number of hydrogen-bond donors (Lipinski definition) is 2. The van der Waals surface area contributed by atoms with Crippen molar-refractivity contribution in [1.82, 2.24) is 4.98 Å². The van der Waals surface area contributed by atoms with Crippen LogP contribution in [0.3, 0.4) is 0 Å². The fourth-order valence-corrected chi connectivity index (χ4v) is 5.18. The summed E-state index contributed by atoms with van der Waals surface area (Å²) >= 11 is 1.45. The Morgan fingerprint density at radius 3 is 2.52 bits per heavy atom. The lowest BCUT2D eigenvalue weighted by molar-refractivity contribution is 0.102. The Bertz CT molecular complexity index is 1390. The van der Waals surface area contributed by atoms with Crippen molar-refractivity contribution >= 4 is 44.0 Å². The number of thiazole rings is 1. The van der Waals surface area contributed by atoms with E-state index < -0.39 is 10.9 Å². The summed E-state index contributed by atoms with van der Waals surface area (Å²) in [6.07, 6.45) is 3.24. The first-order chi connectivity index (χ1) is 16.0. The van der Waals surface area contributed by atoms with E-state index in [1.807, 2.05) is 42.2 Å². The zero-order valence-corrected chi connectivity index (χ0v) is 19.1. The highest BCUT2D eigenvalue weighted by molar-refractivity contribution is 7.22. The molecule has 0 bridgehead atoms. The number of fused-ring (bicyclic) bond motifs is 1. The molecule has 33 heavy (non-hydrogen) atoms. The van der Waals surface area contributed by atoms with Gasteiger partial charge in [0, 0.05) is 25.2 Å². The number of hydrogen-bond acceptors (Lipinski definition) is 7. The highest BCUT2D eigenvalue weighted by Crippen LogP contribution is 2.28. The topological polar surface area (TPSA) is 91.4 Å². The molecule has 5 rings (SSSR count). The second-order valence-electron chi connectivity index (χ2n) is 8.37. The Morgan fingerprint density at radius 1 is 1.03 bits per heavy atom. The minimum atomic E-state index is -0.447. The SMILES string of the molecule is Cc1cccc2sc(NC(=O)c3ccc(CNc4c(N5CCCCC5)c(=O)c4=O)cc3)nc12. The fourth-order valence-electron chi connectivity index (χ4n) is 4.24. The van der Waals surface area contributed by atoms with Gasteiger partial charge in [-0.15, -0.1) is 0 Å². The van der Waals surface area contributed by atoms with E-state index in [1.165, 1.54) is 11.3 Å². The Kier molecular flexibility index (Phi) is 5.68. The van der Waals surface area contributed by atoms with Gasteiger partial charge in [-0.3, -0.25) is 19.7 Å². The van der Waals surface area contributed by atoms with E-state index in [2.05, 4.69) is 15.6 Å². The number of piperidine rings is 1. The molecule has 0 spiro atoms. The number of rotatable bonds is 6. The Morgan fingerprint density at radius 2 is 1.79 bits per heavy atom. The molecule has 3 aromatic carbocycles. The molecule has 2 N–H and O–H groups in total. The molecule has 1 aromatic heterocycles. The molecule has 4 aromatic rings. The largest absolute Gasteiger partial charge is 0.376 e. The molecule has 1 fully saturated rings. The maximum absolute atomic E-state index is 12.7. The van der Waals surface area contributed by atoms with E-state index in [0.29, 0.717) is 28.6 Å². The first-order valence-electron chi connectivity index (χ1n) is 11.1. The standard InChI is InChI=1S/C25H24N4O3S/c1-15-6-5-7-18-19(15)27-25(33-18)28-24(32)17-10-8-16(9-11-17)14-26-20-21(23(31)22(20)30)29-12-3-2-4-13-29/h5-11,26H,2-4,12-14H2,1H3,(H,27,28,32). The fraction of sp³-hybridized carbons (Fsp3) is 0.280. The molecule has 0 radical (unpaired) electrons. The second kappa shape index (κ2) is 8.78. The minimum absolute atomic E-state index is 0.221. The lowest BCUT2D eigenvalue weighted by Crippen LogP contribution is -2.44. The molecule has 1 aliphatic rings. The van der Waals surface area contributed by atoms with Gasteiger partial charge in [-0.25, -0.2) is 4.98 Å². The van der Waals surface area contributed by atoms with Crippen LogP contribution in [-0.2, 0) is 6.54 Å². The molecule has 1 aliphatic heterocycles. The zero-order chi connectivity index (χ0) is 22.9. The smallest absolute Gasteiger partial charge is 0.257 e. The van der Waals surface area contributed by atoms with Crippen LogP contribution in [0.15, 0.2) is 52.1 Å². The maximum atomic E-state index is 12.7. The number of aryl methyl sites for hydroxylation is 1. The molecule has 1 amide bonds. The Balaban J connectivity index is 1.23. The van der Waals surface area contributed by atoms with E-state index in [-0.39, 0.29) is 5.91 Å². The van der Waals surface area contributed by atoms with Crippen LogP contribution in [0, 0.1) is 6.92 Å². The number of carbonyl (C=O) groups is 1. The number of nitrogens with one attached hydrogen (secondary N) is 2. The predicted octanol–water partition coefficient (Wildman–Crippen LogP) is 4.06. The van der Waals surface area contributed by atoms with Crippen molar-refractivity contribution in [2.24, 2.45) is 0 Å². The quantitative estimate of drug-likeness (QED) is 0.422. The van der Waals surface area contributed by atoms with Gasteiger partial charge in [0.15, 0.2) is 5.13 Å². The molecule has 2 heterocycles.